The summed E-state index contributed by atoms with van der Waals surface area (Å²) in [6, 6.07) is 6.79. The van der Waals surface area contributed by atoms with E-state index >= 15 is 0 Å². The third-order valence-corrected chi connectivity index (χ3v) is 5.97. The van der Waals surface area contributed by atoms with Crippen LogP contribution in [0.15, 0.2) is 30.5 Å². The van der Waals surface area contributed by atoms with Crippen molar-refractivity contribution in [3.63, 3.8) is 0 Å². The van der Waals surface area contributed by atoms with Crippen LogP contribution < -0.4 is 14.8 Å². The van der Waals surface area contributed by atoms with Crippen LogP contribution in [0.3, 0.4) is 0 Å². The molecule has 4 rings (SSSR count). The van der Waals surface area contributed by atoms with Crippen LogP contribution in [0, 0.1) is 11.8 Å². The minimum Gasteiger partial charge on any atom is -0.477 e. The molecule has 2 aliphatic rings. The monoisotopic (exact) mass is 433 g/mol. The Morgan fingerprint density at radius 2 is 1.90 bits per heavy atom. The number of aromatic nitrogens is 2. The van der Waals surface area contributed by atoms with Crippen LogP contribution in [0.5, 0.6) is 11.6 Å². The normalized spacial score (nSPS) is 23.7. The Morgan fingerprint density at radius 1 is 1.13 bits per heavy atom. The molecule has 0 bridgehead atoms. The molecule has 1 atom stereocenters. The molecule has 31 heavy (non-hydrogen) atoms. The van der Waals surface area contributed by atoms with Crippen molar-refractivity contribution in [2.45, 2.75) is 51.7 Å². The summed E-state index contributed by atoms with van der Waals surface area (Å²) in [5.41, 5.74) is 1.49. The van der Waals surface area contributed by atoms with Gasteiger partial charge in [0.15, 0.2) is 0 Å². The lowest BCUT2D eigenvalue weighted by Gasteiger charge is -2.27. The van der Waals surface area contributed by atoms with Gasteiger partial charge in [0.2, 0.25) is 11.8 Å². The van der Waals surface area contributed by atoms with Gasteiger partial charge in [-0.2, -0.15) is 13.8 Å². The van der Waals surface area contributed by atoms with E-state index in [0.717, 1.165) is 37.4 Å². The lowest BCUT2D eigenvalue weighted by atomic mass is 9.87. The van der Waals surface area contributed by atoms with Gasteiger partial charge in [-0.3, -0.25) is 0 Å². The van der Waals surface area contributed by atoms with Crippen LogP contribution in [0.1, 0.15) is 39.0 Å². The molecular weight excluding hydrogens is 404 g/mol. The molecule has 1 aliphatic carbocycles. The number of alkyl halides is 2. The fraction of sp³-hybridized carbons (Fsp3) is 0.565. The highest BCUT2D eigenvalue weighted by Gasteiger charge is 2.21. The topological polar surface area (TPSA) is 65.5 Å². The van der Waals surface area contributed by atoms with E-state index in [2.05, 4.69) is 26.9 Å². The zero-order valence-corrected chi connectivity index (χ0v) is 17.7. The largest absolute Gasteiger partial charge is 0.477 e. The molecule has 168 valence electrons. The highest BCUT2D eigenvalue weighted by atomic mass is 19.3. The molecule has 1 aliphatic heterocycles. The van der Waals surface area contributed by atoms with Gasteiger partial charge in [0.05, 0.1) is 18.8 Å². The van der Waals surface area contributed by atoms with E-state index in [1.54, 1.807) is 18.3 Å². The summed E-state index contributed by atoms with van der Waals surface area (Å²) in [5, 5.41) is 3.45. The van der Waals surface area contributed by atoms with Gasteiger partial charge >= 0.3 is 6.61 Å². The van der Waals surface area contributed by atoms with Crippen LogP contribution in [0.25, 0.3) is 11.1 Å². The van der Waals surface area contributed by atoms with E-state index in [4.69, 9.17) is 9.47 Å². The lowest BCUT2D eigenvalue weighted by Crippen LogP contribution is -2.26. The number of hydrogen-bond donors (Lipinski definition) is 1. The molecule has 1 N–H and O–H groups in total. The molecule has 2 fully saturated rings. The predicted octanol–water partition coefficient (Wildman–Crippen LogP) is 5.15. The van der Waals surface area contributed by atoms with Crippen molar-refractivity contribution in [3.8, 4) is 22.8 Å². The molecule has 8 heteroatoms. The molecule has 1 unspecified atom stereocenters. The van der Waals surface area contributed by atoms with Crippen LogP contribution in [0.2, 0.25) is 0 Å². The van der Waals surface area contributed by atoms with Crippen LogP contribution in [0.4, 0.5) is 14.7 Å². The molecule has 2 heterocycles. The fourth-order valence-corrected chi connectivity index (χ4v) is 4.06. The van der Waals surface area contributed by atoms with Crippen molar-refractivity contribution in [1.82, 2.24) is 9.97 Å². The van der Waals surface area contributed by atoms with Gasteiger partial charge in [0, 0.05) is 24.8 Å². The average molecular weight is 433 g/mol. The average Bonchev–Trinajstić information content (AvgIpc) is 3.28. The molecule has 0 amide bonds. The van der Waals surface area contributed by atoms with E-state index in [0.29, 0.717) is 42.6 Å². The Morgan fingerprint density at radius 3 is 2.58 bits per heavy atom. The molecule has 1 aromatic heterocycles. The van der Waals surface area contributed by atoms with Crippen LogP contribution >= 0.6 is 0 Å². The van der Waals surface area contributed by atoms with Crippen molar-refractivity contribution >= 4 is 5.95 Å². The highest BCUT2D eigenvalue weighted by molar-refractivity contribution is 5.69. The summed E-state index contributed by atoms with van der Waals surface area (Å²) < 4.78 is 40.8. The number of rotatable bonds is 8. The van der Waals surface area contributed by atoms with Crippen molar-refractivity contribution in [2.75, 3.05) is 25.1 Å². The highest BCUT2D eigenvalue weighted by Crippen LogP contribution is 2.32. The van der Waals surface area contributed by atoms with Crippen molar-refractivity contribution < 1.29 is 23.0 Å². The summed E-state index contributed by atoms with van der Waals surface area (Å²) in [4.78, 5) is 9.16. The molecule has 1 saturated heterocycles. The summed E-state index contributed by atoms with van der Waals surface area (Å²) in [6.07, 6.45) is 7.30. The van der Waals surface area contributed by atoms with Gasteiger partial charge in [-0.15, -0.1) is 0 Å². The second kappa shape index (κ2) is 10.2. The maximum Gasteiger partial charge on any atom is 0.387 e. The number of halogens is 2. The first-order valence-corrected chi connectivity index (χ1v) is 11.0. The van der Waals surface area contributed by atoms with E-state index in [-0.39, 0.29) is 5.75 Å². The molecule has 1 saturated carbocycles. The van der Waals surface area contributed by atoms with Crippen molar-refractivity contribution in [2.24, 2.45) is 11.8 Å². The first kappa shape index (κ1) is 21.7. The van der Waals surface area contributed by atoms with Crippen molar-refractivity contribution in [1.29, 1.82) is 0 Å². The third kappa shape index (κ3) is 6.03. The molecule has 2 aromatic rings. The Kier molecular flexibility index (Phi) is 7.17. The van der Waals surface area contributed by atoms with Gasteiger partial charge in [-0.1, -0.05) is 19.1 Å². The lowest BCUT2D eigenvalue weighted by molar-refractivity contribution is -0.0498. The van der Waals surface area contributed by atoms with Crippen LogP contribution in [-0.4, -0.2) is 42.4 Å². The second-order valence-electron chi connectivity index (χ2n) is 8.46. The van der Waals surface area contributed by atoms with Gasteiger partial charge in [-0.25, -0.2) is 4.98 Å². The Labute approximate surface area is 181 Å². The minimum absolute atomic E-state index is 0.107. The van der Waals surface area contributed by atoms with E-state index in [1.807, 2.05) is 0 Å². The Bertz CT molecular complexity index is 836. The number of benzene rings is 1. The number of ether oxygens (including phenoxy) is 3. The molecule has 0 radical (unpaired) electrons. The zero-order chi connectivity index (χ0) is 21.6. The molecular formula is C23H29F2N3O3. The van der Waals surface area contributed by atoms with E-state index < -0.39 is 6.61 Å². The van der Waals surface area contributed by atoms with Crippen molar-refractivity contribution in [3.05, 3.63) is 30.5 Å². The summed E-state index contributed by atoms with van der Waals surface area (Å²) in [6.45, 7) is 1.39. The first-order chi connectivity index (χ1) is 15.1. The number of hydrogen-bond acceptors (Lipinski definition) is 6. The SMILES string of the molecule is C[C@H]1CC[C@H](Nc2ncc(-c3ccc(OC(F)F)cc3)c(OCC3CCOC3)n2)CC1. The Balaban J connectivity index is 1.52. The predicted molar refractivity (Wildman–Crippen MR) is 114 cm³/mol. The minimum atomic E-state index is -2.85. The van der Waals surface area contributed by atoms with Gasteiger partial charge < -0.3 is 19.5 Å². The number of nitrogens with one attached hydrogen (secondary N) is 1. The molecule has 0 spiro atoms. The van der Waals surface area contributed by atoms with E-state index in [1.165, 1.54) is 25.0 Å². The number of anilines is 1. The maximum atomic E-state index is 12.4. The summed E-state index contributed by atoms with van der Waals surface area (Å²) in [5.74, 6) is 2.25. The zero-order valence-electron chi connectivity index (χ0n) is 17.7. The van der Waals surface area contributed by atoms with Crippen LogP contribution in [-0.2, 0) is 4.74 Å². The van der Waals surface area contributed by atoms with Gasteiger partial charge in [-0.05, 0) is 55.7 Å². The van der Waals surface area contributed by atoms with Gasteiger partial charge in [0.25, 0.3) is 0 Å². The fourth-order valence-electron chi connectivity index (χ4n) is 4.06. The maximum absolute atomic E-state index is 12.4. The summed E-state index contributed by atoms with van der Waals surface area (Å²) >= 11 is 0. The summed E-state index contributed by atoms with van der Waals surface area (Å²) in [7, 11) is 0. The number of nitrogens with zero attached hydrogens (tertiary/aromatic N) is 2. The first-order valence-electron chi connectivity index (χ1n) is 11.0. The Hall–Kier alpha value is -2.48. The standard InChI is InChI=1S/C23H29F2N3O3/c1-15-2-6-18(7-3-15)27-23-26-12-20(17-4-8-19(9-5-17)31-22(24)25)21(28-23)30-14-16-10-11-29-13-16/h4-5,8-9,12,15-16,18,22H,2-3,6-7,10-11,13-14H2,1H3,(H,26,27,28)/t15-,16?,18-. The van der Waals surface area contributed by atoms with Gasteiger partial charge in [0.1, 0.15) is 5.75 Å². The third-order valence-electron chi connectivity index (χ3n) is 5.97. The second-order valence-corrected chi connectivity index (χ2v) is 8.46. The molecule has 6 nitrogen and oxygen atoms in total. The van der Waals surface area contributed by atoms with E-state index in [9.17, 15) is 8.78 Å². The molecule has 1 aromatic carbocycles. The smallest absolute Gasteiger partial charge is 0.387 e. The quantitative estimate of drug-likeness (QED) is 0.621.